The number of halogens is 1. The molecular formula is C17H19ClN2O2. The van der Waals surface area contributed by atoms with Crippen LogP contribution < -0.4 is 9.47 Å². The highest BCUT2D eigenvalue weighted by molar-refractivity contribution is 6.32. The predicted octanol–water partition coefficient (Wildman–Crippen LogP) is 4.41. The summed E-state index contributed by atoms with van der Waals surface area (Å²) in [5.74, 6) is 1.20. The lowest BCUT2D eigenvalue weighted by molar-refractivity contribution is 0.294. The second-order valence-corrected chi connectivity index (χ2v) is 5.21. The molecule has 22 heavy (non-hydrogen) atoms. The maximum absolute atomic E-state index is 6.29. The fourth-order valence-corrected chi connectivity index (χ4v) is 2.20. The number of methoxy groups -OCH3 is 1. The molecule has 116 valence electrons. The smallest absolute Gasteiger partial charge is 0.179 e. The first-order valence-electron chi connectivity index (χ1n) is 7.11. The molecule has 0 fully saturated rings. The maximum atomic E-state index is 6.29. The molecule has 5 heteroatoms. The van der Waals surface area contributed by atoms with Crippen molar-refractivity contribution in [2.75, 3.05) is 13.7 Å². The van der Waals surface area contributed by atoms with Crippen LogP contribution in [0.2, 0.25) is 5.02 Å². The topological polar surface area (TPSA) is 44.2 Å². The van der Waals surface area contributed by atoms with E-state index in [1.807, 2.05) is 38.1 Å². The molecule has 2 rings (SSSR count). The predicted molar refractivity (Wildman–Crippen MR) is 89.5 cm³/mol. The van der Waals surface area contributed by atoms with Crippen LogP contribution in [0.5, 0.6) is 11.5 Å². The van der Waals surface area contributed by atoms with Gasteiger partial charge in [0.15, 0.2) is 11.5 Å². The molecule has 0 aliphatic carbocycles. The molecule has 2 aromatic rings. The van der Waals surface area contributed by atoms with Gasteiger partial charge in [0.2, 0.25) is 0 Å². The van der Waals surface area contributed by atoms with Gasteiger partial charge in [-0.2, -0.15) is 0 Å². The molecule has 1 aromatic heterocycles. The zero-order valence-corrected chi connectivity index (χ0v) is 13.7. The van der Waals surface area contributed by atoms with Gasteiger partial charge in [-0.25, -0.2) is 0 Å². The Bertz CT molecular complexity index is 672. The van der Waals surface area contributed by atoms with Gasteiger partial charge < -0.3 is 9.47 Å². The molecular weight excluding hydrogens is 300 g/mol. The summed E-state index contributed by atoms with van der Waals surface area (Å²) in [5, 5.41) is 0.530. The number of hydrogen-bond donors (Lipinski definition) is 0. The van der Waals surface area contributed by atoms with E-state index in [0.29, 0.717) is 23.1 Å². The van der Waals surface area contributed by atoms with Crippen molar-refractivity contribution in [1.82, 2.24) is 9.97 Å². The molecule has 0 saturated carbocycles. The van der Waals surface area contributed by atoms with Crippen molar-refractivity contribution in [3.8, 4) is 11.5 Å². The molecule has 0 bridgehead atoms. The number of aryl methyl sites for hydroxylation is 1. The first kappa shape index (κ1) is 16.3. The van der Waals surface area contributed by atoms with Crippen molar-refractivity contribution < 1.29 is 9.47 Å². The Balaban J connectivity index is 2.26. The van der Waals surface area contributed by atoms with Gasteiger partial charge in [-0.1, -0.05) is 24.6 Å². The van der Waals surface area contributed by atoms with Crippen molar-refractivity contribution >= 4 is 23.8 Å². The number of nitrogens with zero attached hydrogens (tertiary/aromatic N) is 2. The highest BCUT2D eigenvalue weighted by Gasteiger charge is 2.10. The molecule has 0 spiro atoms. The van der Waals surface area contributed by atoms with E-state index >= 15 is 0 Å². The highest BCUT2D eigenvalue weighted by Crippen LogP contribution is 2.37. The standard InChI is InChI=1S/C17H19ClN2O2/c1-4-7-22-17-15(18)8-13(9-16(17)21-3)5-6-14-11-19-10-12(2)20-14/h5-6,8-11H,4,7H2,1-3H3. The van der Waals surface area contributed by atoms with Crippen LogP contribution in [0.3, 0.4) is 0 Å². The minimum Gasteiger partial charge on any atom is -0.493 e. The van der Waals surface area contributed by atoms with Crippen molar-refractivity contribution in [2.24, 2.45) is 0 Å². The Morgan fingerprint density at radius 2 is 2.05 bits per heavy atom. The molecule has 0 unspecified atom stereocenters. The molecule has 4 nitrogen and oxygen atoms in total. The third-order valence-electron chi connectivity index (χ3n) is 2.92. The monoisotopic (exact) mass is 318 g/mol. The zero-order valence-electron chi connectivity index (χ0n) is 13.0. The summed E-state index contributed by atoms with van der Waals surface area (Å²) in [6, 6.07) is 3.73. The molecule has 0 radical (unpaired) electrons. The third-order valence-corrected chi connectivity index (χ3v) is 3.20. The normalized spacial score (nSPS) is 10.9. The van der Waals surface area contributed by atoms with E-state index in [0.717, 1.165) is 23.4 Å². The van der Waals surface area contributed by atoms with Crippen LogP contribution in [0.4, 0.5) is 0 Å². The quantitative estimate of drug-likeness (QED) is 0.791. The van der Waals surface area contributed by atoms with E-state index in [4.69, 9.17) is 21.1 Å². The first-order chi connectivity index (χ1) is 10.6. The Morgan fingerprint density at radius 3 is 2.73 bits per heavy atom. The van der Waals surface area contributed by atoms with E-state index in [9.17, 15) is 0 Å². The summed E-state index contributed by atoms with van der Waals surface area (Å²) in [4.78, 5) is 8.48. The van der Waals surface area contributed by atoms with Crippen LogP contribution >= 0.6 is 11.6 Å². The fraction of sp³-hybridized carbons (Fsp3) is 0.294. The largest absolute Gasteiger partial charge is 0.493 e. The third kappa shape index (κ3) is 4.21. The van der Waals surface area contributed by atoms with Gasteiger partial charge in [0.05, 0.1) is 36.3 Å². The van der Waals surface area contributed by atoms with Crippen molar-refractivity contribution in [3.05, 3.63) is 46.5 Å². The molecule has 0 saturated heterocycles. The zero-order chi connectivity index (χ0) is 15.9. The van der Waals surface area contributed by atoms with Crippen LogP contribution in [-0.2, 0) is 0 Å². The molecule has 0 aliphatic rings. The maximum Gasteiger partial charge on any atom is 0.179 e. The van der Waals surface area contributed by atoms with Gasteiger partial charge in [0, 0.05) is 6.20 Å². The van der Waals surface area contributed by atoms with Gasteiger partial charge >= 0.3 is 0 Å². The summed E-state index contributed by atoms with van der Waals surface area (Å²) < 4.78 is 11.0. The molecule has 0 atom stereocenters. The van der Waals surface area contributed by atoms with Crippen LogP contribution in [0.1, 0.15) is 30.3 Å². The highest BCUT2D eigenvalue weighted by atomic mass is 35.5. The Hall–Kier alpha value is -2.07. The summed E-state index contributed by atoms with van der Waals surface area (Å²) in [7, 11) is 1.60. The molecule has 0 N–H and O–H groups in total. The van der Waals surface area contributed by atoms with Gasteiger partial charge in [-0.15, -0.1) is 0 Å². The van der Waals surface area contributed by atoms with E-state index in [1.165, 1.54) is 0 Å². The number of aromatic nitrogens is 2. The number of benzene rings is 1. The number of hydrogen-bond acceptors (Lipinski definition) is 4. The summed E-state index contributed by atoms with van der Waals surface area (Å²) in [6.07, 6.45) is 8.14. The van der Waals surface area contributed by atoms with Crippen LogP contribution in [0.15, 0.2) is 24.5 Å². The lowest BCUT2D eigenvalue weighted by Crippen LogP contribution is -1.99. The van der Waals surface area contributed by atoms with Crippen molar-refractivity contribution in [3.63, 3.8) is 0 Å². The summed E-state index contributed by atoms with van der Waals surface area (Å²) in [5.41, 5.74) is 2.58. The van der Waals surface area contributed by atoms with Gasteiger partial charge in [0.25, 0.3) is 0 Å². The van der Waals surface area contributed by atoms with Crippen molar-refractivity contribution in [2.45, 2.75) is 20.3 Å². The Kier molecular flexibility index (Phi) is 5.78. The van der Waals surface area contributed by atoms with Crippen LogP contribution in [0.25, 0.3) is 12.2 Å². The number of rotatable bonds is 6. The minimum atomic E-state index is 0.530. The number of ether oxygens (including phenoxy) is 2. The van der Waals surface area contributed by atoms with E-state index in [2.05, 4.69) is 9.97 Å². The van der Waals surface area contributed by atoms with Gasteiger partial charge in [-0.05, 0) is 37.1 Å². The van der Waals surface area contributed by atoms with Crippen molar-refractivity contribution in [1.29, 1.82) is 0 Å². The average molecular weight is 319 g/mol. The minimum absolute atomic E-state index is 0.530. The lowest BCUT2D eigenvalue weighted by atomic mass is 10.1. The Labute approximate surface area is 135 Å². The Morgan fingerprint density at radius 1 is 1.23 bits per heavy atom. The first-order valence-corrected chi connectivity index (χ1v) is 7.49. The SMILES string of the molecule is CCCOc1c(Cl)cc(C=Cc2cncc(C)n2)cc1OC. The molecule has 0 amide bonds. The van der Waals surface area contributed by atoms with Crippen LogP contribution in [-0.4, -0.2) is 23.7 Å². The summed E-state index contributed by atoms with van der Waals surface area (Å²) in [6.45, 7) is 4.55. The fourth-order valence-electron chi connectivity index (χ4n) is 1.92. The second-order valence-electron chi connectivity index (χ2n) is 4.80. The van der Waals surface area contributed by atoms with E-state index < -0.39 is 0 Å². The van der Waals surface area contributed by atoms with Crippen LogP contribution in [0, 0.1) is 6.92 Å². The van der Waals surface area contributed by atoms with Gasteiger partial charge in [-0.3, -0.25) is 9.97 Å². The molecule has 1 heterocycles. The van der Waals surface area contributed by atoms with E-state index in [1.54, 1.807) is 19.5 Å². The summed E-state index contributed by atoms with van der Waals surface area (Å²) >= 11 is 6.29. The van der Waals surface area contributed by atoms with E-state index in [-0.39, 0.29) is 0 Å². The lowest BCUT2D eigenvalue weighted by Gasteiger charge is -2.12. The molecule has 0 aliphatic heterocycles. The second kappa shape index (κ2) is 7.80. The average Bonchev–Trinajstić information content (AvgIpc) is 2.51. The molecule has 1 aromatic carbocycles. The van der Waals surface area contributed by atoms with Gasteiger partial charge in [0.1, 0.15) is 0 Å².